The van der Waals surface area contributed by atoms with Gasteiger partial charge in [-0.05, 0) is 51.9 Å². The standard InChI is InChI=1S/C17H29N3O/c1-6-14(4)20(5)11-10-19-17(21)15-9-8-13(3)12-16(15)18-7-2/h8-9,12,14,18H,6-7,10-11H2,1-5H3,(H,19,21). The lowest BCUT2D eigenvalue weighted by Crippen LogP contribution is -2.37. The summed E-state index contributed by atoms with van der Waals surface area (Å²) in [4.78, 5) is 14.6. The fourth-order valence-corrected chi connectivity index (χ4v) is 2.17. The van der Waals surface area contributed by atoms with Crippen LogP contribution in [0.2, 0.25) is 0 Å². The second kappa shape index (κ2) is 8.67. The third-order valence-electron chi connectivity index (χ3n) is 3.88. The van der Waals surface area contributed by atoms with Crippen molar-refractivity contribution in [3.8, 4) is 0 Å². The number of amides is 1. The van der Waals surface area contributed by atoms with Crippen molar-refractivity contribution in [2.24, 2.45) is 0 Å². The van der Waals surface area contributed by atoms with E-state index in [1.807, 2.05) is 32.0 Å². The van der Waals surface area contributed by atoms with Crippen molar-refractivity contribution in [1.29, 1.82) is 0 Å². The molecule has 1 atom stereocenters. The summed E-state index contributed by atoms with van der Waals surface area (Å²) in [6.07, 6.45) is 1.12. The molecule has 1 aromatic rings. The second-order valence-electron chi connectivity index (χ2n) is 5.57. The molecule has 1 rings (SSSR count). The summed E-state index contributed by atoms with van der Waals surface area (Å²) in [6, 6.07) is 6.42. The maximum Gasteiger partial charge on any atom is 0.253 e. The molecular formula is C17H29N3O. The molecule has 0 aliphatic heterocycles. The molecule has 21 heavy (non-hydrogen) atoms. The van der Waals surface area contributed by atoms with Crippen LogP contribution >= 0.6 is 0 Å². The zero-order valence-electron chi connectivity index (χ0n) is 14.0. The summed E-state index contributed by atoms with van der Waals surface area (Å²) in [7, 11) is 2.09. The van der Waals surface area contributed by atoms with Crippen LogP contribution < -0.4 is 10.6 Å². The summed E-state index contributed by atoms with van der Waals surface area (Å²) in [5.41, 5.74) is 2.78. The van der Waals surface area contributed by atoms with Crippen LogP contribution in [0.25, 0.3) is 0 Å². The quantitative estimate of drug-likeness (QED) is 0.774. The first-order valence-corrected chi connectivity index (χ1v) is 7.82. The Morgan fingerprint density at radius 3 is 2.67 bits per heavy atom. The zero-order valence-corrected chi connectivity index (χ0v) is 14.0. The van der Waals surface area contributed by atoms with E-state index in [0.29, 0.717) is 18.2 Å². The van der Waals surface area contributed by atoms with Gasteiger partial charge in [-0.25, -0.2) is 0 Å². The monoisotopic (exact) mass is 291 g/mol. The number of anilines is 1. The van der Waals surface area contributed by atoms with Crippen LogP contribution in [0.5, 0.6) is 0 Å². The molecule has 0 fully saturated rings. The summed E-state index contributed by atoms with van der Waals surface area (Å²) in [5.74, 6) is -0.0106. The van der Waals surface area contributed by atoms with Gasteiger partial charge in [-0.2, -0.15) is 0 Å². The number of carbonyl (C=O) groups is 1. The number of likely N-dealkylation sites (N-methyl/N-ethyl adjacent to an activating group) is 1. The Morgan fingerprint density at radius 2 is 2.05 bits per heavy atom. The van der Waals surface area contributed by atoms with Gasteiger partial charge in [-0.15, -0.1) is 0 Å². The van der Waals surface area contributed by atoms with Gasteiger partial charge in [0.25, 0.3) is 5.91 Å². The fourth-order valence-electron chi connectivity index (χ4n) is 2.17. The zero-order chi connectivity index (χ0) is 15.8. The minimum absolute atomic E-state index is 0.0106. The molecule has 0 spiro atoms. The molecule has 0 aliphatic carbocycles. The molecule has 0 aromatic heterocycles. The smallest absolute Gasteiger partial charge is 0.253 e. The largest absolute Gasteiger partial charge is 0.385 e. The van der Waals surface area contributed by atoms with E-state index < -0.39 is 0 Å². The second-order valence-corrected chi connectivity index (χ2v) is 5.57. The van der Waals surface area contributed by atoms with Crippen LogP contribution in [0.15, 0.2) is 18.2 Å². The molecule has 118 valence electrons. The van der Waals surface area contributed by atoms with Crippen LogP contribution in [0.1, 0.15) is 43.1 Å². The van der Waals surface area contributed by atoms with Crippen molar-refractivity contribution in [2.45, 2.75) is 40.2 Å². The summed E-state index contributed by atoms with van der Waals surface area (Å²) < 4.78 is 0. The molecule has 1 aromatic carbocycles. The molecule has 0 heterocycles. The predicted molar refractivity (Wildman–Crippen MR) is 90.1 cm³/mol. The van der Waals surface area contributed by atoms with Gasteiger partial charge in [0.05, 0.1) is 5.56 Å². The number of nitrogens with zero attached hydrogens (tertiary/aromatic N) is 1. The Labute approximate surface area is 128 Å². The number of rotatable bonds is 8. The Hall–Kier alpha value is -1.55. The highest BCUT2D eigenvalue weighted by Crippen LogP contribution is 2.17. The number of hydrogen-bond acceptors (Lipinski definition) is 3. The first-order chi connectivity index (χ1) is 9.99. The highest BCUT2D eigenvalue weighted by Gasteiger charge is 2.12. The average Bonchev–Trinajstić information content (AvgIpc) is 2.46. The Balaban J connectivity index is 2.59. The van der Waals surface area contributed by atoms with E-state index in [9.17, 15) is 4.79 Å². The first kappa shape index (κ1) is 17.5. The Bertz CT molecular complexity index is 459. The molecule has 0 saturated heterocycles. The van der Waals surface area contributed by atoms with E-state index in [0.717, 1.165) is 30.8 Å². The van der Waals surface area contributed by atoms with Crippen molar-refractivity contribution in [3.63, 3.8) is 0 Å². The third kappa shape index (κ3) is 5.38. The number of hydrogen-bond donors (Lipinski definition) is 2. The number of carbonyl (C=O) groups excluding carboxylic acids is 1. The summed E-state index contributed by atoms with van der Waals surface area (Å²) >= 11 is 0. The molecule has 1 amide bonds. The van der Waals surface area contributed by atoms with Crippen LogP contribution in [0, 0.1) is 6.92 Å². The van der Waals surface area contributed by atoms with Crippen molar-refractivity contribution in [1.82, 2.24) is 10.2 Å². The van der Waals surface area contributed by atoms with Gasteiger partial charge in [-0.3, -0.25) is 4.79 Å². The fraction of sp³-hybridized carbons (Fsp3) is 0.588. The van der Waals surface area contributed by atoms with E-state index >= 15 is 0 Å². The lowest BCUT2D eigenvalue weighted by Gasteiger charge is -2.23. The lowest BCUT2D eigenvalue weighted by atomic mass is 10.1. The molecular weight excluding hydrogens is 262 g/mol. The molecule has 0 bridgehead atoms. The minimum atomic E-state index is -0.0106. The molecule has 4 nitrogen and oxygen atoms in total. The normalized spacial score (nSPS) is 12.3. The van der Waals surface area contributed by atoms with Gasteiger partial charge in [0.15, 0.2) is 0 Å². The Kier molecular flexibility index (Phi) is 7.23. The number of nitrogens with one attached hydrogen (secondary N) is 2. The Morgan fingerprint density at radius 1 is 1.33 bits per heavy atom. The van der Waals surface area contributed by atoms with Crippen molar-refractivity contribution < 1.29 is 4.79 Å². The highest BCUT2D eigenvalue weighted by atomic mass is 16.1. The molecule has 0 aliphatic rings. The van der Waals surface area contributed by atoms with Gasteiger partial charge in [0.1, 0.15) is 0 Å². The SMILES string of the molecule is CCNc1cc(C)ccc1C(=O)NCCN(C)C(C)CC. The lowest BCUT2D eigenvalue weighted by molar-refractivity contribution is 0.0948. The maximum atomic E-state index is 12.3. The van der Waals surface area contributed by atoms with Crippen molar-refractivity contribution in [3.05, 3.63) is 29.3 Å². The molecule has 0 radical (unpaired) electrons. The molecule has 0 saturated carbocycles. The predicted octanol–water partition coefficient (Wildman–Crippen LogP) is 2.89. The van der Waals surface area contributed by atoms with Crippen LogP contribution in [-0.4, -0.2) is 43.5 Å². The molecule has 2 N–H and O–H groups in total. The summed E-state index contributed by atoms with van der Waals surface area (Å²) in [5, 5.41) is 6.26. The average molecular weight is 291 g/mol. The van der Waals surface area contributed by atoms with Gasteiger partial charge < -0.3 is 15.5 Å². The van der Waals surface area contributed by atoms with E-state index in [4.69, 9.17) is 0 Å². The van der Waals surface area contributed by atoms with Gasteiger partial charge in [0.2, 0.25) is 0 Å². The summed E-state index contributed by atoms with van der Waals surface area (Å²) in [6.45, 7) is 10.8. The topological polar surface area (TPSA) is 44.4 Å². The highest BCUT2D eigenvalue weighted by molar-refractivity contribution is 5.99. The van der Waals surface area contributed by atoms with E-state index in [-0.39, 0.29) is 5.91 Å². The van der Waals surface area contributed by atoms with Gasteiger partial charge >= 0.3 is 0 Å². The minimum Gasteiger partial charge on any atom is -0.385 e. The number of benzene rings is 1. The molecule has 4 heteroatoms. The van der Waals surface area contributed by atoms with Gasteiger partial charge in [-0.1, -0.05) is 13.0 Å². The van der Waals surface area contributed by atoms with Crippen LogP contribution in [0.4, 0.5) is 5.69 Å². The number of aryl methyl sites for hydroxylation is 1. The van der Waals surface area contributed by atoms with Crippen molar-refractivity contribution in [2.75, 3.05) is 32.0 Å². The van der Waals surface area contributed by atoms with E-state index in [2.05, 4.69) is 36.4 Å². The van der Waals surface area contributed by atoms with Crippen LogP contribution in [0.3, 0.4) is 0 Å². The first-order valence-electron chi connectivity index (χ1n) is 7.82. The van der Waals surface area contributed by atoms with E-state index in [1.54, 1.807) is 0 Å². The van der Waals surface area contributed by atoms with Crippen LogP contribution in [-0.2, 0) is 0 Å². The van der Waals surface area contributed by atoms with Gasteiger partial charge in [0, 0.05) is 31.4 Å². The molecule has 1 unspecified atom stereocenters. The third-order valence-corrected chi connectivity index (χ3v) is 3.88. The maximum absolute atomic E-state index is 12.3. The van der Waals surface area contributed by atoms with E-state index in [1.165, 1.54) is 0 Å². The van der Waals surface area contributed by atoms with Crippen molar-refractivity contribution >= 4 is 11.6 Å².